The summed E-state index contributed by atoms with van der Waals surface area (Å²) in [6.45, 7) is 4.56. The van der Waals surface area contributed by atoms with E-state index < -0.39 is 11.4 Å². The summed E-state index contributed by atoms with van der Waals surface area (Å²) >= 11 is 0. The Bertz CT molecular complexity index is 594. The van der Waals surface area contributed by atoms with Crippen LogP contribution in [0.2, 0.25) is 0 Å². The molecular formula is C18H25FN2O4. The van der Waals surface area contributed by atoms with Crippen molar-refractivity contribution in [1.82, 2.24) is 9.80 Å². The quantitative estimate of drug-likeness (QED) is 0.824. The number of hydrogen-bond acceptors (Lipinski definition) is 5. The van der Waals surface area contributed by atoms with Crippen molar-refractivity contribution in [1.29, 1.82) is 0 Å². The lowest BCUT2D eigenvalue weighted by Gasteiger charge is -2.33. The second kappa shape index (κ2) is 8.12. The Labute approximate surface area is 147 Å². The van der Waals surface area contributed by atoms with E-state index in [-0.39, 0.29) is 24.7 Å². The number of halogens is 1. The summed E-state index contributed by atoms with van der Waals surface area (Å²) in [5, 5.41) is 10.7. The molecule has 0 aromatic heterocycles. The molecule has 1 aromatic rings. The monoisotopic (exact) mass is 352 g/mol. The van der Waals surface area contributed by atoms with Gasteiger partial charge >= 0.3 is 0 Å². The van der Waals surface area contributed by atoms with Gasteiger partial charge in [-0.15, -0.1) is 0 Å². The normalized spacial score (nSPS) is 24.5. The molecule has 0 bridgehead atoms. The van der Waals surface area contributed by atoms with Crippen LogP contribution >= 0.6 is 0 Å². The zero-order valence-corrected chi connectivity index (χ0v) is 14.3. The van der Waals surface area contributed by atoms with Gasteiger partial charge in [0.25, 0.3) is 0 Å². The first-order valence-electron chi connectivity index (χ1n) is 8.73. The van der Waals surface area contributed by atoms with E-state index in [9.17, 15) is 14.3 Å². The standard InChI is InChI=1S/C18H25FN2O4/c19-15-3-1-2-4-16(15)25-10-5-17(22)21-7-6-18(23,14-21)13-20-8-11-24-12-9-20/h1-4,23H,5-14H2. The molecule has 1 unspecified atom stereocenters. The van der Waals surface area contributed by atoms with Crippen LogP contribution in [0.25, 0.3) is 0 Å². The number of nitrogens with zero attached hydrogens (tertiary/aromatic N) is 2. The topological polar surface area (TPSA) is 62.2 Å². The van der Waals surface area contributed by atoms with Gasteiger partial charge in [0.1, 0.15) is 0 Å². The van der Waals surface area contributed by atoms with Crippen LogP contribution in [0.5, 0.6) is 5.75 Å². The van der Waals surface area contributed by atoms with Gasteiger partial charge < -0.3 is 19.5 Å². The van der Waals surface area contributed by atoms with Gasteiger partial charge in [0, 0.05) is 26.2 Å². The molecule has 2 saturated heterocycles. The van der Waals surface area contributed by atoms with E-state index in [2.05, 4.69) is 4.90 Å². The Kier molecular flexibility index (Phi) is 5.88. The van der Waals surface area contributed by atoms with Crippen LogP contribution in [-0.4, -0.2) is 79.0 Å². The molecule has 7 heteroatoms. The molecule has 1 atom stereocenters. The maximum Gasteiger partial charge on any atom is 0.226 e. The third kappa shape index (κ3) is 4.90. The van der Waals surface area contributed by atoms with E-state index in [4.69, 9.17) is 9.47 Å². The van der Waals surface area contributed by atoms with Gasteiger partial charge in [0.15, 0.2) is 11.6 Å². The summed E-state index contributed by atoms with van der Waals surface area (Å²) in [5.41, 5.74) is -0.862. The number of amides is 1. The highest BCUT2D eigenvalue weighted by Gasteiger charge is 2.39. The minimum Gasteiger partial charge on any atom is -0.490 e. The molecule has 0 saturated carbocycles. The fourth-order valence-electron chi connectivity index (χ4n) is 3.34. The average Bonchev–Trinajstić information content (AvgIpc) is 2.99. The van der Waals surface area contributed by atoms with E-state index >= 15 is 0 Å². The van der Waals surface area contributed by atoms with Gasteiger partial charge in [0.05, 0.1) is 38.4 Å². The van der Waals surface area contributed by atoms with Gasteiger partial charge in [-0.3, -0.25) is 9.69 Å². The van der Waals surface area contributed by atoms with E-state index in [1.807, 2.05) is 0 Å². The number of aliphatic hydroxyl groups is 1. The van der Waals surface area contributed by atoms with Gasteiger partial charge in [-0.1, -0.05) is 12.1 Å². The molecule has 0 radical (unpaired) electrons. The highest BCUT2D eigenvalue weighted by Crippen LogP contribution is 2.24. The van der Waals surface area contributed by atoms with E-state index in [1.54, 1.807) is 17.0 Å². The zero-order valence-electron chi connectivity index (χ0n) is 14.3. The van der Waals surface area contributed by atoms with Crippen LogP contribution in [0.15, 0.2) is 24.3 Å². The largest absolute Gasteiger partial charge is 0.490 e. The first-order valence-corrected chi connectivity index (χ1v) is 8.73. The Morgan fingerprint density at radius 3 is 2.80 bits per heavy atom. The van der Waals surface area contributed by atoms with Crippen molar-refractivity contribution >= 4 is 5.91 Å². The van der Waals surface area contributed by atoms with Gasteiger partial charge in [-0.2, -0.15) is 0 Å². The molecule has 2 aliphatic heterocycles. The van der Waals surface area contributed by atoms with Crippen LogP contribution in [0.1, 0.15) is 12.8 Å². The summed E-state index contributed by atoms with van der Waals surface area (Å²) in [5.74, 6) is -0.356. The van der Waals surface area contributed by atoms with Crippen molar-refractivity contribution in [3.63, 3.8) is 0 Å². The number of para-hydroxylation sites is 1. The fraction of sp³-hybridized carbons (Fsp3) is 0.611. The number of rotatable bonds is 6. The molecule has 1 amide bonds. The molecular weight excluding hydrogens is 327 g/mol. The number of benzene rings is 1. The minimum atomic E-state index is -0.862. The van der Waals surface area contributed by atoms with Crippen molar-refractivity contribution in [3.05, 3.63) is 30.1 Å². The third-order valence-electron chi connectivity index (χ3n) is 4.72. The first-order chi connectivity index (χ1) is 12.1. The van der Waals surface area contributed by atoms with Crippen molar-refractivity contribution in [2.75, 3.05) is 52.5 Å². The minimum absolute atomic E-state index is 0.0748. The molecule has 0 spiro atoms. The first kappa shape index (κ1) is 18.1. The summed E-state index contributed by atoms with van der Waals surface area (Å²) in [6, 6.07) is 6.14. The Morgan fingerprint density at radius 1 is 1.28 bits per heavy atom. The maximum absolute atomic E-state index is 13.5. The molecule has 25 heavy (non-hydrogen) atoms. The van der Waals surface area contributed by atoms with Crippen LogP contribution in [-0.2, 0) is 9.53 Å². The Balaban J connectivity index is 1.43. The molecule has 2 fully saturated rings. The maximum atomic E-state index is 13.5. The molecule has 2 aliphatic rings. The fourth-order valence-corrected chi connectivity index (χ4v) is 3.34. The lowest BCUT2D eigenvalue weighted by Crippen LogP contribution is -2.49. The number of likely N-dealkylation sites (tertiary alicyclic amines) is 1. The van der Waals surface area contributed by atoms with Crippen molar-refractivity contribution in [2.24, 2.45) is 0 Å². The Hall–Kier alpha value is -1.70. The van der Waals surface area contributed by atoms with Crippen LogP contribution in [0.4, 0.5) is 4.39 Å². The van der Waals surface area contributed by atoms with Gasteiger partial charge in [-0.05, 0) is 18.6 Å². The molecule has 0 aliphatic carbocycles. The number of β-amino-alcohol motifs (C(OH)–C–C–N with tert-alkyl or cyclic N) is 1. The Morgan fingerprint density at radius 2 is 2.04 bits per heavy atom. The molecule has 2 heterocycles. The van der Waals surface area contributed by atoms with E-state index in [0.29, 0.717) is 39.3 Å². The number of hydrogen-bond donors (Lipinski definition) is 1. The summed E-state index contributed by atoms with van der Waals surface area (Å²) in [7, 11) is 0. The van der Waals surface area contributed by atoms with E-state index in [1.165, 1.54) is 12.1 Å². The van der Waals surface area contributed by atoms with Crippen LogP contribution < -0.4 is 4.74 Å². The summed E-state index contributed by atoms with van der Waals surface area (Å²) in [4.78, 5) is 16.2. The molecule has 1 aromatic carbocycles. The van der Waals surface area contributed by atoms with Crippen LogP contribution in [0, 0.1) is 5.82 Å². The lowest BCUT2D eigenvalue weighted by molar-refractivity contribution is -0.132. The third-order valence-corrected chi connectivity index (χ3v) is 4.72. The average molecular weight is 352 g/mol. The number of ether oxygens (including phenoxy) is 2. The highest BCUT2D eigenvalue weighted by atomic mass is 19.1. The smallest absolute Gasteiger partial charge is 0.226 e. The number of carbonyl (C=O) groups excluding carboxylic acids is 1. The van der Waals surface area contributed by atoms with Crippen LogP contribution in [0.3, 0.4) is 0 Å². The van der Waals surface area contributed by atoms with Crippen molar-refractivity contribution in [3.8, 4) is 5.75 Å². The number of carbonyl (C=O) groups is 1. The second-order valence-electron chi connectivity index (χ2n) is 6.71. The molecule has 6 nitrogen and oxygen atoms in total. The molecule has 1 N–H and O–H groups in total. The number of morpholine rings is 1. The molecule has 138 valence electrons. The molecule has 3 rings (SSSR count). The van der Waals surface area contributed by atoms with Crippen molar-refractivity contribution in [2.45, 2.75) is 18.4 Å². The zero-order chi connectivity index (χ0) is 17.7. The predicted molar refractivity (Wildman–Crippen MR) is 89.9 cm³/mol. The lowest BCUT2D eigenvalue weighted by atomic mass is 10.0. The summed E-state index contributed by atoms with van der Waals surface area (Å²) in [6.07, 6.45) is 0.742. The predicted octanol–water partition coefficient (Wildman–Crippen LogP) is 0.890. The van der Waals surface area contributed by atoms with Gasteiger partial charge in [0.2, 0.25) is 5.91 Å². The second-order valence-corrected chi connectivity index (χ2v) is 6.71. The van der Waals surface area contributed by atoms with Crippen molar-refractivity contribution < 1.29 is 23.8 Å². The summed E-state index contributed by atoms with van der Waals surface area (Å²) < 4.78 is 24.1. The SMILES string of the molecule is O=C(CCOc1ccccc1F)N1CCC(O)(CN2CCOCC2)C1. The highest BCUT2D eigenvalue weighted by molar-refractivity contribution is 5.76. The van der Waals surface area contributed by atoms with E-state index in [0.717, 1.165) is 13.1 Å². The van der Waals surface area contributed by atoms with Gasteiger partial charge in [-0.25, -0.2) is 4.39 Å².